The Bertz CT molecular complexity index is 872. The summed E-state index contributed by atoms with van der Waals surface area (Å²) in [5.74, 6) is 1.13. The molecule has 0 atom stereocenters. The molecule has 0 amide bonds. The van der Waals surface area contributed by atoms with Gasteiger partial charge in [0.15, 0.2) is 17.2 Å². The van der Waals surface area contributed by atoms with Gasteiger partial charge in [0.1, 0.15) is 0 Å². The molecule has 0 unspecified atom stereocenters. The number of ether oxygens (including phenoxy) is 3. The van der Waals surface area contributed by atoms with Crippen molar-refractivity contribution >= 4 is 40.5 Å². The minimum absolute atomic E-state index is 0.255. The molecular formula is C20H18INO4. The zero-order valence-electron chi connectivity index (χ0n) is 14.5. The van der Waals surface area contributed by atoms with Gasteiger partial charge in [0, 0.05) is 9.13 Å². The van der Waals surface area contributed by atoms with Crippen LogP contribution in [0.25, 0.3) is 6.08 Å². The van der Waals surface area contributed by atoms with Crippen LogP contribution in [0, 0.1) is 3.57 Å². The normalized spacial score (nSPS) is 15.0. The summed E-state index contributed by atoms with van der Waals surface area (Å²) < 4.78 is 17.4. The quantitative estimate of drug-likeness (QED) is 0.361. The van der Waals surface area contributed by atoms with Gasteiger partial charge < -0.3 is 14.2 Å². The summed E-state index contributed by atoms with van der Waals surface area (Å²) in [6, 6.07) is 13.1. The first-order chi connectivity index (χ1) is 12.6. The van der Waals surface area contributed by atoms with Gasteiger partial charge >= 0.3 is 5.97 Å². The van der Waals surface area contributed by atoms with Crippen molar-refractivity contribution in [2.75, 3.05) is 13.7 Å². The van der Waals surface area contributed by atoms with Crippen LogP contribution in [0.2, 0.25) is 0 Å². The molecular weight excluding hydrogens is 445 g/mol. The van der Waals surface area contributed by atoms with Crippen molar-refractivity contribution in [3.8, 4) is 11.5 Å². The predicted molar refractivity (Wildman–Crippen MR) is 109 cm³/mol. The first kappa shape index (κ1) is 18.4. The zero-order chi connectivity index (χ0) is 18.5. The molecule has 0 spiro atoms. The monoisotopic (exact) mass is 463 g/mol. The lowest BCUT2D eigenvalue weighted by atomic mass is 10.1. The second kappa shape index (κ2) is 8.35. The molecule has 0 fully saturated rings. The number of halogens is 1. The summed E-state index contributed by atoms with van der Waals surface area (Å²) in [5.41, 5.74) is 1.81. The average molecular weight is 463 g/mol. The van der Waals surface area contributed by atoms with Crippen LogP contribution in [-0.2, 0) is 9.53 Å². The number of nitrogens with zero attached hydrogens (tertiary/aromatic N) is 1. The SMILES string of the molecule is CCCOc1cc(/C=C2/N=C(c3ccc(I)cc3)OC2=O)ccc1OC. The Hall–Kier alpha value is -2.35. The Morgan fingerprint density at radius 3 is 2.62 bits per heavy atom. The third-order valence-electron chi connectivity index (χ3n) is 3.66. The number of benzene rings is 2. The highest BCUT2D eigenvalue weighted by molar-refractivity contribution is 14.1. The molecule has 1 heterocycles. The van der Waals surface area contributed by atoms with Crippen molar-refractivity contribution < 1.29 is 19.0 Å². The van der Waals surface area contributed by atoms with Crippen molar-refractivity contribution in [3.63, 3.8) is 0 Å². The first-order valence-electron chi connectivity index (χ1n) is 8.20. The maximum Gasteiger partial charge on any atom is 0.363 e. The largest absolute Gasteiger partial charge is 0.493 e. The van der Waals surface area contributed by atoms with Crippen LogP contribution in [0.3, 0.4) is 0 Å². The van der Waals surface area contributed by atoms with E-state index in [1.807, 2.05) is 43.3 Å². The van der Waals surface area contributed by atoms with E-state index in [9.17, 15) is 4.79 Å². The van der Waals surface area contributed by atoms with Gasteiger partial charge in [-0.25, -0.2) is 9.79 Å². The third kappa shape index (κ3) is 4.24. The summed E-state index contributed by atoms with van der Waals surface area (Å²) in [5, 5.41) is 0. The van der Waals surface area contributed by atoms with Crippen molar-refractivity contribution in [2.45, 2.75) is 13.3 Å². The Balaban J connectivity index is 1.89. The van der Waals surface area contributed by atoms with E-state index >= 15 is 0 Å². The third-order valence-corrected chi connectivity index (χ3v) is 4.38. The lowest BCUT2D eigenvalue weighted by molar-refractivity contribution is -0.129. The van der Waals surface area contributed by atoms with E-state index in [2.05, 4.69) is 27.6 Å². The van der Waals surface area contributed by atoms with Gasteiger partial charge in [0.2, 0.25) is 5.90 Å². The van der Waals surface area contributed by atoms with Crippen LogP contribution in [-0.4, -0.2) is 25.6 Å². The van der Waals surface area contributed by atoms with Crippen LogP contribution < -0.4 is 9.47 Å². The topological polar surface area (TPSA) is 57.1 Å². The van der Waals surface area contributed by atoms with Crippen molar-refractivity contribution in [3.05, 3.63) is 62.9 Å². The molecule has 26 heavy (non-hydrogen) atoms. The fraction of sp³-hybridized carbons (Fsp3) is 0.200. The molecule has 1 aliphatic rings. The molecule has 134 valence electrons. The van der Waals surface area contributed by atoms with Gasteiger partial charge in [-0.3, -0.25) is 0 Å². The minimum atomic E-state index is -0.467. The van der Waals surface area contributed by atoms with E-state index in [1.54, 1.807) is 19.3 Å². The second-order valence-electron chi connectivity index (χ2n) is 5.60. The number of hydrogen-bond donors (Lipinski definition) is 0. The smallest absolute Gasteiger partial charge is 0.363 e. The molecule has 6 heteroatoms. The van der Waals surface area contributed by atoms with Gasteiger partial charge in [-0.15, -0.1) is 0 Å². The lowest BCUT2D eigenvalue weighted by Crippen LogP contribution is -2.05. The van der Waals surface area contributed by atoms with E-state index in [4.69, 9.17) is 14.2 Å². The van der Waals surface area contributed by atoms with Crippen LogP contribution in [0.15, 0.2) is 53.2 Å². The van der Waals surface area contributed by atoms with Crippen molar-refractivity contribution in [1.29, 1.82) is 0 Å². The molecule has 1 aliphatic heterocycles. The number of carbonyl (C=O) groups is 1. The summed E-state index contributed by atoms with van der Waals surface area (Å²) in [6.07, 6.45) is 2.57. The van der Waals surface area contributed by atoms with Gasteiger partial charge in [-0.1, -0.05) is 13.0 Å². The molecule has 0 N–H and O–H groups in total. The number of methoxy groups -OCH3 is 1. The molecule has 0 saturated carbocycles. The number of cyclic esters (lactones) is 1. The van der Waals surface area contributed by atoms with Crippen LogP contribution in [0.1, 0.15) is 24.5 Å². The highest BCUT2D eigenvalue weighted by Gasteiger charge is 2.24. The van der Waals surface area contributed by atoms with Gasteiger partial charge in [-0.05, 0) is 77.0 Å². The summed E-state index contributed by atoms with van der Waals surface area (Å²) in [7, 11) is 1.60. The number of esters is 1. The fourth-order valence-corrected chi connectivity index (χ4v) is 2.75. The van der Waals surface area contributed by atoms with Gasteiger partial charge in [0.05, 0.1) is 13.7 Å². The summed E-state index contributed by atoms with van der Waals surface area (Å²) in [6.45, 7) is 2.63. The van der Waals surface area contributed by atoms with Crippen LogP contribution in [0.4, 0.5) is 0 Å². The van der Waals surface area contributed by atoms with E-state index in [0.717, 1.165) is 21.1 Å². The van der Waals surface area contributed by atoms with E-state index in [1.165, 1.54) is 0 Å². The van der Waals surface area contributed by atoms with E-state index in [-0.39, 0.29) is 5.70 Å². The Morgan fingerprint density at radius 1 is 1.15 bits per heavy atom. The molecule has 5 nitrogen and oxygen atoms in total. The Morgan fingerprint density at radius 2 is 1.92 bits per heavy atom. The lowest BCUT2D eigenvalue weighted by Gasteiger charge is -2.10. The minimum Gasteiger partial charge on any atom is -0.493 e. The van der Waals surface area contributed by atoms with Gasteiger partial charge in [-0.2, -0.15) is 0 Å². The summed E-state index contributed by atoms with van der Waals surface area (Å²) >= 11 is 2.22. The number of rotatable bonds is 6. The number of hydrogen-bond acceptors (Lipinski definition) is 5. The molecule has 2 aromatic carbocycles. The Kier molecular flexibility index (Phi) is 5.92. The Labute approximate surface area is 165 Å². The highest BCUT2D eigenvalue weighted by atomic mass is 127. The van der Waals surface area contributed by atoms with Crippen LogP contribution in [0.5, 0.6) is 11.5 Å². The second-order valence-corrected chi connectivity index (χ2v) is 6.85. The van der Waals surface area contributed by atoms with Gasteiger partial charge in [0.25, 0.3) is 0 Å². The fourth-order valence-electron chi connectivity index (χ4n) is 2.39. The van der Waals surface area contributed by atoms with Crippen molar-refractivity contribution in [1.82, 2.24) is 0 Å². The molecule has 0 bridgehead atoms. The number of carbonyl (C=O) groups excluding carboxylic acids is 1. The molecule has 0 aromatic heterocycles. The molecule has 0 radical (unpaired) electrons. The molecule has 0 saturated heterocycles. The maximum absolute atomic E-state index is 12.1. The highest BCUT2D eigenvalue weighted by Crippen LogP contribution is 2.30. The van der Waals surface area contributed by atoms with E-state index < -0.39 is 5.97 Å². The van der Waals surface area contributed by atoms with Crippen molar-refractivity contribution in [2.24, 2.45) is 4.99 Å². The molecule has 3 rings (SSSR count). The summed E-state index contributed by atoms with van der Waals surface area (Å²) in [4.78, 5) is 16.5. The van der Waals surface area contributed by atoms with Crippen LogP contribution >= 0.6 is 22.6 Å². The molecule has 0 aliphatic carbocycles. The first-order valence-corrected chi connectivity index (χ1v) is 9.28. The maximum atomic E-state index is 12.1. The average Bonchev–Trinajstić information content (AvgIpc) is 3.01. The molecule has 2 aromatic rings. The predicted octanol–water partition coefficient (Wildman–Crippen LogP) is 4.43. The zero-order valence-corrected chi connectivity index (χ0v) is 16.6. The number of aliphatic imine (C=N–C) groups is 1. The van der Waals surface area contributed by atoms with E-state index in [0.29, 0.717) is 24.0 Å². The standard InChI is InChI=1S/C20H18INO4/c1-3-10-25-18-12-13(4-9-17(18)24-2)11-16-20(23)26-19(22-16)14-5-7-15(21)8-6-14/h4-9,11-12H,3,10H2,1-2H3/b16-11+.